The number of piperidine rings is 1. The van der Waals surface area contributed by atoms with Crippen LogP contribution in [0.2, 0.25) is 0 Å². The number of hydrogen-bond acceptors (Lipinski definition) is 7. The number of nitrogens with one attached hydrogen (secondary N) is 1. The van der Waals surface area contributed by atoms with Crippen molar-refractivity contribution in [2.75, 3.05) is 19.6 Å². The van der Waals surface area contributed by atoms with E-state index < -0.39 is 0 Å². The molecule has 0 bridgehead atoms. The van der Waals surface area contributed by atoms with E-state index in [1.165, 1.54) is 0 Å². The molecule has 0 spiro atoms. The lowest BCUT2D eigenvalue weighted by molar-refractivity contribution is 0.0898. The fourth-order valence-electron chi connectivity index (χ4n) is 3.68. The van der Waals surface area contributed by atoms with Gasteiger partial charge in [-0.05, 0) is 50.8 Å². The summed E-state index contributed by atoms with van der Waals surface area (Å²) in [6.07, 6.45) is 7.95. The van der Waals surface area contributed by atoms with E-state index in [4.69, 9.17) is 4.52 Å². The molecule has 5 rings (SSSR count). The number of rotatable bonds is 6. The third kappa shape index (κ3) is 3.75. The van der Waals surface area contributed by atoms with Crippen molar-refractivity contribution in [1.29, 1.82) is 0 Å². The van der Waals surface area contributed by atoms with Crippen molar-refractivity contribution in [3.05, 3.63) is 41.8 Å². The lowest BCUT2D eigenvalue weighted by atomic mass is 9.97. The predicted octanol–water partition coefficient (Wildman–Crippen LogP) is 1.63. The van der Waals surface area contributed by atoms with Crippen molar-refractivity contribution >= 4 is 11.7 Å². The smallest absolute Gasteiger partial charge is 0.289 e. The maximum atomic E-state index is 12.3. The quantitative estimate of drug-likeness (QED) is 0.692. The van der Waals surface area contributed by atoms with E-state index in [1.54, 1.807) is 16.8 Å². The summed E-state index contributed by atoms with van der Waals surface area (Å²) < 4.78 is 6.89. The first-order valence-corrected chi connectivity index (χ1v) is 9.88. The summed E-state index contributed by atoms with van der Waals surface area (Å²) in [5.41, 5.74) is 0.911. The van der Waals surface area contributed by atoms with E-state index >= 15 is 0 Å². The molecule has 0 unspecified atom stereocenters. The molecule has 0 atom stereocenters. The summed E-state index contributed by atoms with van der Waals surface area (Å²) >= 11 is 0. The number of nitrogens with zero attached hydrogens (tertiary/aromatic N) is 6. The first-order chi connectivity index (χ1) is 13.7. The SMILES string of the molecule is O=C(NCC1CCN(Cc2nc3ncccn3n2)CC1)c1cc(C2CC2)no1. The van der Waals surface area contributed by atoms with Crippen molar-refractivity contribution in [2.45, 2.75) is 38.1 Å². The van der Waals surface area contributed by atoms with Crippen molar-refractivity contribution in [2.24, 2.45) is 5.92 Å². The molecule has 9 heteroatoms. The maximum Gasteiger partial charge on any atom is 0.289 e. The molecular formula is C19H23N7O2. The molecule has 1 N–H and O–H groups in total. The number of likely N-dealkylation sites (tertiary alicyclic amines) is 1. The van der Waals surface area contributed by atoms with Crippen LogP contribution in [0.25, 0.3) is 5.78 Å². The zero-order chi connectivity index (χ0) is 18.9. The Labute approximate surface area is 162 Å². The van der Waals surface area contributed by atoms with Crippen LogP contribution < -0.4 is 5.32 Å². The molecule has 28 heavy (non-hydrogen) atoms. The summed E-state index contributed by atoms with van der Waals surface area (Å²) in [4.78, 5) is 23.3. The number of amides is 1. The van der Waals surface area contributed by atoms with Crippen LogP contribution in [0.15, 0.2) is 29.0 Å². The molecule has 2 aliphatic rings. The largest absolute Gasteiger partial charge is 0.351 e. The van der Waals surface area contributed by atoms with Crippen LogP contribution in [-0.2, 0) is 6.54 Å². The minimum absolute atomic E-state index is 0.164. The van der Waals surface area contributed by atoms with Gasteiger partial charge in [0.1, 0.15) is 0 Å². The van der Waals surface area contributed by atoms with Crippen LogP contribution >= 0.6 is 0 Å². The maximum absolute atomic E-state index is 12.3. The van der Waals surface area contributed by atoms with E-state index in [1.807, 2.05) is 12.3 Å². The zero-order valence-corrected chi connectivity index (χ0v) is 15.6. The van der Waals surface area contributed by atoms with Gasteiger partial charge in [-0.25, -0.2) is 9.50 Å². The van der Waals surface area contributed by atoms with Crippen LogP contribution in [0.3, 0.4) is 0 Å². The van der Waals surface area contributed by atoms with Gasteiger partial charge < -0.3 is 9.84 Å². The Balaban J connectivity index is 1.08. The van der Waals surface area contributed by atoms with Crippen molar-refractivity contribution in [1.82, 2.24) is 35.0 Å². The molecule has 146 valence electrons. The summed E-state index contributed by atoms with van der Waals surface area (Å²) in [6, 6.07) is 3.63. The normalized spacial score (nSPS) is 18.6. The highest BCUT2D eigenvalue weighted by Crippen LogP contribution is 2.39. The molecule has 0 aromatic carbocycles. The Morgan fingerprint density at radius 1 is 1.25 bits per heavy atom. The lowest BCUT2D eigenvalue weighted by Gasteiger charge is -2.31. The molecule has 2 fully saturated rings. The van der Waals surface area contributed by atoms with Crippen LogP contribution in [0, 0.1) is 5.92 Å². The average Bonchev–Trinajstić information content (AvgIpc) is 3.30. The number of carbonyl (C=O) groups excluding carboxylic acids is 1. The number of carbonyl (C=O) groups is 1. The Kier molecular flexibility index (Phi) is 4.52. The van der Waals surface area contributed by atoms with E-state index in [0.29, 0.717) is 29.9 Å². The van der Waals surface area contributed by atoms with Gasteiger partial charge in [0.05, 0.1) is 12.2 Å². The number of hydrogen-bond donors (Lipinski definition) is 1. The minimum Gasteiger partial charge on any atom is -0.351 e. The third-order valence-corrected chi connectivity index (χ3v) is 5.53. The van der Waals surface area contributed by atoms with E-state index in [0.717, 1.165) is 56.8 Å². The van der Waals surface area contributed by atoms with Crippen molar-refractivity contribution in [3.63, 3.8) is 0 Å². The van der Waals surface area contributed by atoms with Gasteiger partial charge in [-0.3, -0.25) is 9.69 Å². The molecule has 3 aromatic rings. The van der Waals surface area contributed by atoms with Crippen LogP contribution in [0.5, 0.6) is 0 Å². The zero-order valence-electron chi connectivity index (χ0n) is 15.6. The molecule has 0 radical (unpaired) electrons. The molecule has 1 aliphatic carbocycles. The third-order valence-electron chi connectivity index (χ3n) is 5.53. The monoisotopic (exact) mass is 381 g/mol. The van der Waals surface area contributed by atoms with E-state index in [-0.39, 0.29) is 5.91 Å². The van der Waals surface area contributed by atoms with Crippen LogP contribution in [-0.4, -0.2) is 55.2 Å². The molecule has 3 aromatic heterocycles. The van der Waals surface area contributed by atoms with E-state index in [9.17, 15) is 4.79 Å². The average molecular weight is 381 g/mol. The predicted molar refractivity (Wildman–Crippen MR) is 99.6 cm³/mol. The van der Waals surface area contributed by atoms with Crippen LogP contribution in [0.4, 0.5) is 0 Å². The second-order valence-electron chi connectivity index (χ2n) is 7.71. The summed E-state index contributed by atoms with van der Waals surface area (Å²) in [6.45, 7) is 3.34. The summed E-state index contributed by atoms with van der Waals surface area (Å²) in [5.74, 6) is 2.55. The van der Waals surface area contributed by atoms with Gasteiger partial charge in [-0.1, -0.05) is 5.16 Å². The van der Waals surface area contributed by atoms with Gasteiger partial charge in [0.15, 0.2) is 5.82 Å². The molecule has 4 heterocycles. The lowest BCUT2D eigenvalue weighted by Crippen LogP contribution is -2.38. The molecule has 9 nitrogen and oxygen atoms in total. The first kappa shape index (κ1) is 17.3. The Hall–Kier alpha value is -2.81. The molecule has 1 amide bonds. The standard InChI is InChI=1S/C19H23N7O2/c27-18(16-10-15(24-28-16)14-2-3-14)21-11-13-4-8-25(9-5-13)12-17-22-19-20-6-1-7-26(19)23-17/h1,6-7,10,13-14H,2-5,8-9,11-12H2,(H,21,27). The van der Waals surface area contributed by atoms with Gasteiger partial charge in [-0.2, -0.15) is 4.98 Å². The highest BCUT2D eigenvalue weighted by atomic mass is 16.5. The Bertz CT molecular complexity index is 936. The number of fused-ring (bicyclic) bond motifs is 1. The summed E-state index contributed by atoms with van der Waals surface area (Å²) in [7, 11) is 0. The Morgan fingerprint density at radius 3 is 2.89 bits per heavy atom. The van der Waals surface area contributed by atoms with Gasteiger partial charge in [0.25, 0.3) is 11.7 Å². The second-order valence-corrected chi connectivity index (χ2v) is 7.71. The van der Waals surface area contributed by atoms with Crippen molar-refractivity contribution < 1.29 is 9.32 Å². The fraction of sp³-hybridized carbons (Fsp3) is 0.526. The second kappa shape index (κ2) is 7.31. The van der Waals surface area contributed by atoms with Gasteiger partial charge in [-0.15, -0.1) is 5.10 Å². The summed E-state index contributed by atoms with van der Waals surface area (Å²) in [5, 5.41) is 11.5. The first-order valence-electron chi connectivity index (χ1n) is 9.88. The minimum atomic E-state index is -0.164. The Morgan fingerprint density at radius 2 is 2.11 bits per heavy atom. The van der Waals surface area contributed by atoms with Gasteiger partial charge in [0, 0.05) is 30.9 Å². The van der Waals surface area contributed by atoms with E-state index in [2.05, 4.69) is 30.4 Å². The van der Waals surface area contributed by atoms with Gasteiger partial charge >= 0.3 is 0 Å². The fourth-order valence-corrected chi connectivity index (χ4v) is 3.68. The molecule has 1 saturated heterocycles. The topological polar surface area (TPSA) is 101 Å². The highest BCUT2D eigenvalue weighted by molar-refractivity contribution is 5.91. The highest BCUT2D eigenvalue weighted by Gasteiger charge is 2.28. The molecular weight excluding hydrogens is 358 g/mol. The van der Waals surface area contributed by atoms with Crippen molar-refractivity contribution in [3.8, 4) is 0 Å². The molecule has 1 aliphatic heterocycles. The molecule has 1 saturated carbocycles. The van der Waals surface area contributed by atoms with Crippen LogP contribution in [0.1, 0.15) is 53.7 Å². The number of aromatic nitrogens is 5. The van der Waals surface area contributed by atoms with Gasteiger partial charge in [0.2, 0.25) is 5.76 Å².